The molecule has 0 saturated carbocycles. The first kappa shape index (κ1) is 15.4. The third-order valence-corrected chi connectivity index (χ3v) is 5.87. The van der Waals surface area contributed by atoms with Crippen molar-refractivity contribution < 1.29 is 0 Å². The van der Waals surface area contributed by atoms with E-state index in [1.807, 2.05) is 11.8 Å². The molecule has 24 heavy (non-hydrogen) atoms. The van der Waals surface area contributed by atoms with E-state index in [1.54, 1.807) is 0 Å². The molecule has 2 aromatic carbocycles. The summed E-state index contributed by atoms with van der Waals surface area (Å²) in [5.74, 6) is 0.539. The van der Waals surface area contributed by atoms with Gasteiger partial charge in [0.1, 0.15) is 0 Å². The van der Waals surface area contributed by atoms with Crippen LogP contribution in [0.25, 0.3) is 0 Å². The Kier molecular flexibility index (Phi) is 4.11. The lowest BCUT2D eigenvalue weighted by molar-refractivity contribution is 0.676. The molecule has 1 aliphatic carbocycles. The Balaban J connectivity index is 1.50. The van der Waals surface area contributed by atoms with E-state index < -0.39 is 0 Å². The van der Waals surface area contributed by atoms with E-state index in [4.69, 9.17) is 0 Å². The zero-order valence-electron chi connectivity index (χ0n) is 14.1. The Morgan fingerprint density at radius 3 is 2.58 bits per heavy atom. The number of thioether (sulfide) groups is 1. The summed E-state index contributed by atoms with van der Waals surface area (Å²) in [7, 11) is 2.16. The van der Waals surface area contributed by atoms with Crippen LogP contribution in [0, 0.1) is 5.92 Å². The van der Waals surface area contributed by atoms with Crippen molar-refractivity contribution in [2.24, 2.45) is 5.92 Å². The Labute approximate surface area is 148 Å². The standard InChI is InChI=1S/C21H22N2S/c1-3-23-19-11-7-8-12-20(19)24-21(23)15-16-13-18(14-16)22(2)17-9-5-4-6-10-17/h4-13,15-16H,3,14H2,1-2H3. The average molecular weight is 334 g/mol. The van der Waals surface area contributed by atoms with E-state index in [0.717, 1.165) is 13.0 Å². The molecule has 1 aliphatic heterocycles. The number of nitrogens with zero attached hydrogens (tertiary/aromatic N) is 2. The van der Waals surface area contributed by atoms with Crippen molar-refractivity contribution in [3.8, 4) is 0 Å². The molecule has 0 fully saturated rings. The number of rotatable bonds is 4. The predicted octanol–water partition coefficient (Wildman–Crippen LogP) is 5.50. The minimum absolute atomic E-state index is 0.539. The van der Waals surface area contributed by atoms with Gasteiger partial charge in [-0.15, -0.1) is 0 Å². The fraction of sp³-hybridized carbons (Fsp3) is 0.238. The highest BCUT2D eigenvalue weighted by Gasteiger charge is 2.27. The van der Waals surface area contributed by atoms with Gasteiger partial charge in [-0.1, -0.05) is 48.2 Å². The molecule has 4 rings (SSSR count). The van der Waals surface area contributed by atoms with E-state index in [9.17, 15) is 0 Å². The number of benzene rings is 2. The molecule has 1 heterocycles. The van der Waals surface area contributed by atoms with Crippen LogP contribution >= 0.6 is 11.8 Å². The van der Waals surface area contributed by atoms with Gasteiger partial charge in [0, 0.05) is 35.8 Å². The van der Waals surface area contributed by atoms with Gasteiger partial charge in [-0.2, -0.15) is 0 Å². The molecule has 0 aromatic heterocycles. The summed E-state index contributed by atoms with van der Waals surface area (Å²) in [6.45, 7) is 3.24. The van der Waals surface area contributed by atoms with E-state index >= 15 is 0 Å². The molecule has 0 spiro atoms. The molecule has 2 aromatic rings. The third kappa shape index (κ3) is 2.73. The topological polar surface area (TPSA) is 6.48 Å². The maximum atomic E-state index is 2.43. The molecule has 2 aliphatic rings. The van der Waals surface area contributed by atoms with Crippen LogP contribution in [0.4, 0.5) is 11.4 Å². The average Bonchev–Trinajstić information content (AvgIpc) is 2.95. The number of hydrogen-bond acceptors (Lipinski definition) is 3. The quantitative estimate of drug-likeness (QED) is 0.729. The fourth-order valence-corrected chi connectivity index (χ4v) is 4.55. The van der Waals surface area contributed by atoms with Crippen molar-refractivity contribution in [3.63, 3.8) is 0 Å². The Hall–Kier alpha value is -2.13. The molecule has 2 nitrogen and oxygen atoms in total. The van der Waals surface area contributed by atoms with E-state index in [2.05, 4.69) is 90.5 Å². The van der Waals surface area contributed by atoms with Crippen molar-refractivity contribution in [2.75, 3.05) is 23.4 Å². The molecule has 0 amide bonds. The normalized spacial score (nSPS) is 20.6. The lowest BCUT2D eigenvalue weighted by atomic mass is 9.90. The maximum Gasteiger partial charge on any atom is 0.0766 e. The van der Waals surface area contributed by atoms with Crippen LogP contribution in [-0.4, -0.2) is 13.6 Å². The first-order valence-electron chi connectivity index (χ1n) is 8.52. The molecule has 1 atom stereocenters. The zero-order valence-corrected chi connectivity index (χ0v) is 15.0. The van der Waals surface area contributed by atoms with Gasteiger partial charge in [0.25, 0.3) is 0 Å². The van der Waals surface area contributed by atoms with Crippen LogP contribution in [0.2, 0.25) is 0 Å². The summed E-state index contributed by atoms with van der Waals surface area (Å²) in [6.07, 6.45) is 5.93. The van der Waals surface area contributed by atoms with Crippen molar-refractivity contribution >= 4 is 23.1 Å². The predicted molar refractivity (Wildman–Crippen MR) is 104 cm³/mol. The molecular formula is C21H22N2S. The van der Waals surface area contributed by atoms with E-state index in [0.29, 0.717) is 5.92 Å². The largest absolute Gasteiger partial charge is 0.348 e. The van der Waals surface area contributed by atoms with E-state index in [1.165, 1.54) is 27.0 Å². The SMILES string of the molecule is CCN1C(=CC2C=C(N(C)c3ccccc3)C2)Sc2ccccc21. The fourth-order valence-electron chi connectivity index (χ4n) is 3.31. The Bertz CT molecular complexity index is 794. The summed E-state index contributed by atoms with van der Waals surface area (Å²) in [4.78, 5) is 6.09. The Morgan fingerprint density at radius 1 is 1.12 bits per heavy atom. The van der Waals surface area contributed by atoms with Crippen LogP contribution < -0.4 is 9.80 Å². The molecule has 1 unspecified atom stereocenters. The van der Waals surface area contributed by atoms with E-state index in [-0.39, 0.29) is 0 Å². The molecule has 0 bridgehead atoms. The van der Waals surface area contributed by atoms with Gasteiger partial charge in [0.15, 0.2) is 0 Å². The highest BCUT2D eigenvalue weighted by Crippen LogP contribution is 2.47. The second-order valence-electron chi connectivity index (χ2n) is 6.24. The van der Waals surface area contributed by atoms with Crippen molar-refractivity contribution in [2.45, 2.75) is 18.2 Å². The number of fused-ring (bicyclic) bond motifs is 1. The minimum Gasteiger partial charge on any atom is -0.348 e. The van der Waals surface area contributed by atoms with Crippen LogP contribution in [0.5, 0.6) is 0 Å². The smallest absolute Gasteiger partial charge is 0.0766 e. The van der Waals surface area contributed by atoms with Crippen LogP contribution in [0.15, 0.2) is 82.4 Å². The van der Waals surface area contributed by atoms with Gasteiger partial charge < -0.3 is 9.80 Å². The summed E-state index contributed by atoms with van der Waals surface area (Å²) in [5, 5.41) is 1.38. The molecule has 122 valence electrons. The zero-order chi connectivity index (χ0) is 16.5. The highest BCUT2D eigenvalue weighted by molar-refractivity contribution is 8.03. The summed E-state index contributed by atoms with van der Waals surface area (Å²) in [6, 6.07) is 19.3. The number of para-hydroxylation sites is 2. The van der Waals surface area contributed by atoms with Gasteiger partial charge in [-0.3, -0.25) is 0 Å². The maximum absolute atomic E-state index is 2.43. The lowest BCUT2D eigenvalue weighted by Crippen LogP contribution is -2.25. The molecular weight excluding hydrogens is 312 g/mol. The van der Waals surface area contributed by atoms with Gasteiger partial charge >= 0.3 is 0 Å². The second-order valence-corrected chi connectivity index (χ2v) is 7.30. The van der Waals surface area contributed by atoms with Crippen molar-refractivity contribution in [3.05, 3.63) is 77.5 Å². The van der Waals surface area contributed by atoms with Crippen molar-refractivity contribution in [1.82, 2.24) is 0 Å². The van der Waals surface area contributed by atoms with Gasteiger partial charge in [-0.05, 0) is 43.7 Å². The first-order valence-corrected chi connectivity index (χ1v) is 9.33. The lowest BCUT2D eigenvalue weighted by Gasteiger charge is -2.32. The van der Waals surface area contributed by atoms with Crippen LogP contribution in [0.1, 0.15) is 13.3 Å². The summed E-state index contributed by atoms with van der Waals surface area (Å²) < 4.78 is 0. The van der Waals surface area contributed by atoms with Crippen molar-refractivity contribution in [1.29, 1.82) is 0 Å². The second kappa shape index (κ2) is 6.40. The summed E-state index contributed by atoms with van der Waals surface area (Å²) >= 11 is 1.90. The minimum atomic E-state index is 0.539. The number of allylic oxidation sites excluding steroid dienone is 3. The third-order valence-electron chi connectivity index (χ3n) is 4.74. The molecule has 3 heteroatoms. The monoisotopic (exact) mass is 334 g/mol. The number of hydrogen-bond donors (Lipinski definition) is 0. The first-order chi connectivity index (χ1) is 11.8. The highest BCUT2D eigenvalue weighted by atomic mass is 32.2. The molecule has 0 radical (unpaired) electrons. The van der Waals surface area contributed by atoms with Gasteiger partial charge in [0.05, 0.1) is 10.7 Å². The molecule has 0 saturated heterocycles. The van der Waals surface area contributed by atoms with Gasteiger partial charge in [-0.25, -0.2) is 0 Å². The molecule has 0 N–H and O–H groups in total. The number of anilines is 2. The Morgan fingerprint density at radius 2 is 1.83 bits per heavy atom. The van der Waals surface area contributed by atoms with Gasteiger partial charge in [0.2, 0.25) is 0 Å². The van der Waals surface area contributed by atoms with Crippen LogP contribution in [0.3, 0.4) is 0 Å². The van der Waals surface area contributed by atoms with Crippen LogP contribution in [-0.2, 0) is 0 Å². The summed E-state index contributed by atoms with van der Waals surface area (Å²) in [5.41, 5.74) is 4.01.